The van der Waals surface area contributed by atoms with E-state index < -0.39 is 0 Å². The summed E-state index contributed by atoms with van der Waals surface area (Å²) in [5.41, 5.74) is 0.456. The van der Waals surface area contributed by atoms with Gasteiger partial charge in [0, 0.05) is 38.7 Å². The van der Waals surface area contributed by atoms with Crippen molar-refractivity contribution in [1.29, 1.82) is 0 Å². The van der Waals surface area contributed by atoms with Gasteiger partial charge in [-0.3, -0.25) is 9.59 Å². The second-order valence-corrected chi connectivity index (χ2v) is 5.32. The van der Waals surface area contributed by atoms with Crippen LogP contribution in [0.2, 0.25) is 0 Å². The molecule has 0 saturated carbocycles. The Morgan fingerprint density at radius 2 is 1.74 bits per heavy atom. The molecule has 1 saturated heterocycles. The fraction of sp³-hybridized carbons (Fsp3) is 0.385. The normalized spacial score (nSPS) is 15.5. The first-order valence-electron chi connectivity index (χ1n) is 6.02. The summed E-state index contributed by atoms with van der Waals surface area (Å²) in [7, 11) is 0. The highest BCUT2D eigenvalue weighted by atomic mass is 79.9. The van der Waals surface area contributed by atoms with Crippen LogP contribution < -0.4 is 0 Å². The van der Waals surface area contributed by atoms with E-state index in [9.17, 15) is 14.7 Å². The summed E-state index contributed by atoms with van der Waals surface area (Å²) in [6.45, 7) is 3.70. The van der Waals surface area contributed by atoms with Crippen LogP contribution in [-0.2, 0) is 4.79 Å². The number of phenols is 1. The molecule has 0 radical (unpaired) electrons. The second-order valence-electron chi connectivity index (χ2n) is 4.46. The van der Waals surface area contributed by atoms with Gasteiger partial charge in [0.15, 0.2) is 0 Å². The number of nitrogens with zero attached hydrogens (tertiary/aromatic N) is 2. The smallest absolute Gasteiger partial charge is 0.254 e. The van der Waals surface area contributed by atoms with Gasteiger partial charge in [-0.2, -0.15) is 0 Å². The van der Waals surface area contributed by atoms with Crippen LogP contribution in [0.5, 0.6) is 5.75 Å². The molecule has 0 spiro atoms. The Morgan fingerprint density at radius 1 is 1.16 bits per heavy atom. The number of benzene rings is 1. The number of rotatable bonds is 1. The summed E-state index contributed by atoms with van der Waals surface area (Å²) in [5, 5.41) is 9.59. The van der Waals surface area contributed by atoms with Crippen LogP contribution in [0.4, 0.5) is 0 Å². The third kappa shape index (κ3) is 3.07. The molecule has 19 heavy (non-hydrogen) atoms. The molecule has 0 atom stereocenters. The van der Waals surface area contributed by atoms with E-state index in [0.29, 0.717) is 36.2 Å². The predicted octanol–water partition coefficient (Wildman–Crippen LogP) is 1.46. The van der Waals surface area contributed by atoms with Gasteiger partial charge in [0.1, 0.15) is 5.75 Å². The third-order valence-electron chi connectivity index (χ3n) is 3.21. The molecular weight excluding hydrogens is 312 g/mol. The highest BCUT2D eigenvalue weighted by molar-refractivity contribution is 9.10. The Balaban J connectivity index is 2.05. The van der Waals surface area contributed by atoms with E-state index in [1.807, 2.05) is 0 Å². The Bertz CT molecular complexity index is 511. The Labute approximate surface area is 119 Å². The predicted molar refractivity (Wildman–Crippen MR) is 74.0 cm³/mol. The van der Waals surface area contributed by atoms with Gasteiger partial charge in [-0.1, -0.05) is 0 Å². The van der Waals surface area contributed by atoms with E-state index in [4.69, 9.17) is 0 Å². The minimum Gasteiger partial charge on any atom is -0.507 e. The standard InChI is InChI=1S/C13H15BrN2O3/c1-9(17)15-4-6-16(7-5-15)13(19)10-2-3-11(14)12(18)8-10/h2-3,8,18H,4-7H2,1H3. The molecule has 1 heterocycles. The molecule has 0 bridgehead atoms. The lowest BCUT2D eigenvalue weighted by atomic mass is 10.1. The van der Waals surface area contributed by atoms with Crippen molar-refractivity contribution in [3.8, 4) is 5.75 Å². The van der Waals surface area contributed by atoms with Crippen LogP contribution in [0.3, 0.4) is 0 Å². The lowest BCUT2D eigenvalue weighted by molar-refractivity contribution is -0.130. The lowest BCUT2D eigenvalue weighted by Gasteiger charge is -2.34. The van der Waals surface area contributed by atoms with Crippen molar-refractivity contribution in [3.63, 3.8) is 0 Å². The Morgan fingerprint density at radius 3 is 2.26 bits per heavy atom. The largest absolute Gasteiger partial charge is 0.507 e. The number of aromatic hydroxyl groups is 1. The maximum atomic E-state index is 12.2. The summed E-state index contributed by atoms with van der Waals surface area (Å²) < 4.78 is 0.561. The molecule has 1 N–H and O–H groups in total. The minimum atomic E-state index is -0.119. The van der Waals surface area contributed by atoms with Crippen LogP contribution in [0, 0.1) is 0 Å². The van der Waals surface area contributed by atoms with Crippen molar-refractivity contribution in [3.05, 3.63) is 28.2 Å². The SMILES string of the molecule is CC(=O)N1CCN(C(=O)c2ccc(Br)c(O)c2)CC1. The quantitative estimate of drug-likeness (QED) is 0.849. The lowest BCUT2D eigenvalue weighted by Crippen LogP contribution is -2.50. The molecular formula is C13H15BrN2O3. The highest BCUT2D eigenvalue weighted by Gasteiger charge is 2.23. The van der Waals surface area contributed by atoms with Crippen molar-refractivity contribution in [2.75, 3.05) is 26.2 Å². The summed E-state index contributed by atoms with van der Waals surface area (Å²) >= 11 is 3.18. The van der Waals surface area contributed by atoms with E-state index in [1.165, 1.54) is 13.0 Å². The molecule has 1 aromatic carbocycles. The maximum absolute atomic E-state index is 12.2. The van der Waals surface area contributed by atoms with E-state index in [-0.39, 0.29) is 17.6 Å². The number of amides is 2. The molecule has 0 aromatic heterocycles. The average Bonchev–Trinajstić information content (AvgIpc) is 2.41. The second kappa shape index (κ2) is 5.61. The minimum absolute atomic E-state index is 0.0355. The zero-order chi connectivity index (χ0) is 14.0. The van der Waals surface area contributed by atoms with Crippen molar-refractivity contribution >= 4 is 27.7 Å². The number of phenolic OH excluding ortho intramolecular Hbond substituents is 1. The van der Waals surface area contributed by atoms with Crippen LogP contribution in [0.25, 0.3) is 0 Å². The van der Waals surface area contributed by atoms with Gasteiger partial charge in [-0.15, -0.1) is 0 Å². The number of hydrogen-bond donors (Lipinski definition) is 1. The molecule has 1 fully saturated rings. The third-order valence-corrected chi connectivity index (χ3v) is 3.88. The van der Waals surface area contributed by atoms with Gasteiger partial charge in [0.2, 0.25) is 5.91 Å². The molecule has 1 aliphatic heterocycles. The Kier molecular flexibility index (Phi) is 4.09. The molecule has 1 aliphatic rings. The highest BCUT2D eigenvalue weighted by Crippen LogP contribution is 2.25. The maximum Gasteiger partial charge on any atom is 0.254 e. The fourth-order valence-electron chi connectivity index (χ4n) is 2.05. The van der Waals surface area contributed by atoms with Crippen molar-refractivity contribution < 1.29 is 14.7 Å². The number of carbonyl (C=O) groups is 2. The monoisotopic (exact) mass is 326 g/mol. The first kappa shape index (κ1) is 13.9. The number of hydrogen-bond acceptors (Lipinski definition) is 3. The van der Waals surface area contributed by atoms with Gasteiger partial charge in [-0.25, -0.2) is 0 Å². The number of carbonyl (C=O) groups excluding carboxylic acids is 2. The first-order valence-corrected chi connectivity index (χ1v) is 6.81. The van der Waals surface area contributed by atoms with Crippen LogP contribution in [-0.4, -0.2) is 52.9 Å². The zero-order valence-corrected chi connectivity index (χ0v) is 12.2. The van der Waals surface area contributed by atoms with E-state index in [1.54, 1.807) is 21.9 Å². The van der Waals surface area contributed by atoms with Crippen LogP contribution in [0.1, 0.15) is 17.3 Å². The number of halogens is 1. The molecule has 0 aliphatic carbocycles. The van der Waals surface area contributed by atoms with Gasteiger partial charge in [0.05, 0.1) is 4.47 Å². The van der Waals surface area contributed by atoms with Crippen molar-refractivity contribution in [2.24, 2.45) is 0 Å². The molecule has 1 aromatic rings. The summed E-state index contributed by atoms with van der Waals surface area (Å²) in [6, 6.07) is 4.77. The van der Waals surface area contributed by atoms with E-state index >= 15 is 0 Å². The summed E-state index contributed by atoms with van der Waals surface area (Å²) in [5.74, 6) is -0.0346. The van der Waals surface area contributed by atoms with Crippen LogP contribution in [0.15, 0.2) is 22.7 Å². The zero-order valence-electron chi connectivity index (χ0n) is 10.6. The molecule has 102 valence electrons. The van der Waals surface area contributed by atoms with Gasteiger partial charge in [0.25, 0.3) is 5.91 Å². The molecule has 2 rings (SSSR count). The van der Waals surface area contributed by atoms with E-state index in [0.717, 1.165) is 0 Å². The van der Waals surface area contributed by atoms with Crippen LogP contribution >= 0.6 is 15.9 Å². The molecule has 2 amide bonds. The van der Waals surface area contributed by atoms with Crippen molar-refractivity contribution in [1.82, 2.24) is 9.80 Å². The average molecular weight is 327 g/mol. The molecule has 6 heteroatoms. The number of piperazine rings is 1. The van der Waals surface area contributed by atoms with E-state index in [2.05, 4.69) is 15.9 Å². The topological polar surface area (TPSA) is 60.9 Å². The fourth-order valence-corrected chi connectivity index (χ4v) is 2.30. The van der Waals surface area contributed by atoms with Gasteiger partial charge < -0.3 is 14.9 Å². The van der Waals surface area contributed by atoms with Crippen molar-refractivity contribution in [2.45, 2.75) is 6.92 Å². The first-order chi connectivity index (χ1) is 8.99. The molecule has 5 nitrogen and oxygen atoms in total. The Hall–Kier alpha value is -1.56. The molecule has 0 unspecified atom stereocenters. The summed E-state index contributed by atoms with van der Waals surface area (Å²) in [4.78, 5) is 26.9. The van der Waals surface area contributed by atoms with Gasteiger partial charge in [-0.05, 0) is 34.1 Å². The summed E-state index contributed by atoms with van der Waals surface area (Å²) in [6.07, 6.45) is 0. The van der Waals surface area contributed by atoms with Gasteiger partial charge >= 0.3 is 0 Å².